The van der Waals surface area contributed by atoms with E-state index in [9.17, 15) is 4.79 Å². The van der Waals surface area contributed by atoms with Crippen molar-refractivity contribution in [3.8, 4) is 6.07 Å². The summed E-state index contributed by atoms with van der Waals surface area (Å²) in [5, 5.41) is 9.26. The molecule has 0 saturated carbocycles. The summed E-state index contributed by atoms with van der Waals surface area (Å²) in [6.45, 7) is 1.96. The zero-order valence-corrected chi connectivity index (χ0v) is 10.2. The van der Waals surface area contributed by atoms with Gasteiger partial charge in [-0.2, -0.15) is 5.26 Å². The smallest absolute Gasteiger partial charge is 0.339 e. The summed E-state index contributed by atoms with van der Waals surface area (Å²) < 4.78 is 5.30. The van der Waals surface area contributed by atoms with Crippen LogP contribution in [-0.2, 0) is 4.74 Å². The van der Waals surface area contributed by atoms with Crippen LogP contribution in [0.5, 0.6) is 0 Å². The zero-order valence-electron chi connectivity index (χ0n) is 7.88. The number of carbonyl (C=O) groups is 1. The van der Waals surface area contributed by atoms with E-state index in [-0.39, 0.29) is 17.7 Å². The zero-order chi connectivity index (χ0) is 11.4. The molecule has 0 aliphatic carbocycles. The second-order valence-electron chi connectivity index (χ2n) is 2.64. The van der Waals surface area contributed by atoms with Gasteiger partial charge in [-0.25, -0.2) is 4.79 Å². The molecule has 5 heteroatoms. The highest BCUT2D eigenvalue weighted by molar-refractivity contribution is 9.10. The summed E-state index contributed by atoms with van der Waals surface area (Å²) in [5.74, 6) is -0.544. The van der Waals surface area contributed by atoms with Gasteiger partial charge in [-0.05, 0) is 35.0 Å². The lowest BCUT2D eigenvalue weighted by molar-refractivity contribution is 0.0526. The minimum Gasteiger partial charge on any atom is -0.462 e. The van der Waals surface area contributed by atoms with Crippen molar-refractivity contribution in [3.05, 3.63) is 32.8 Å². The minimum absolute atomic E-state index is 0.179. The molecule has 0 fully saturated rings. The summed E-state index contributed by atoms with van der Waals surface area (Å²) in [7, 11) is 0. The molecule has 0 spiro atoms. The number of carbonyl (C=O) groups excluding carboxylic acids is 1. The summed E-state index contributed by atoms with van der Waals surface area (Å²) >= 11 is 8.94. The molecule has 1 rings (SSSR count). The van der Waals surface area contributed by atoms with Crippen LogP contribution in [-0.4, -0.2) is 12.6 Å². The van der Waals surface area contributed by atoms with Crippen LogP contribution < -0.4 is 0 Å². The molecule has 0 aromatic heterocycles. The van der Waals surface area contributed by atoms with Gasteiger partial charge in [-0.3, -0.25) is 0 Å². The van der Waals surface area contributed by atoms with E-state index in [2.05, 4.69) is 15.9 Å². The number of benzene rings is 1. The Balaban J connectivity index is 3.28. The lowest BCUT2D eigenvalue weighted by atomic mass is 10.1. The Morgan fingerprint density at radius 3 is 2.87 bits per heavy atom. The van der Waals surface area contributed by atoms with Crippen LogP contribution in [0.1, 0.15) is 22.8 Å². The van der Waals surface area contributed by atoms with Crippen LogP contribution in [0.15, 0.2) is 16.6 Å². The fourth-order valence-corrected chi connectivity index (χ4v) is 1.96. The molecule has 78 valence electrons. The predicted molar refractivity (Wildman–Crippen MR) is 59.8 cm³/mol. The Bertz CT molecular complexity index is 440. The van der Waals surface area contributed by atoms with E-state index >= 15 is 0 Å². The molecule has 0 atom stereocenters. The van der Waals surface area contributed by atoms with E-state index in [1.807, 2.05) is 6.07 Å². The van der Waals surface area contributed by atoms with Gasteiger partial charge in [0, 0.05) is 9.50 Å². The van der Waals surface area contributed by atoms with Crippen LogP contribution in [0, 0.1) is 11.3 Å². The predicted octanol–water partition coefficient (Wildman–Crippen LogP) is 3.15. The maximum atomic E-state index is 11.5. The van der Waals surface area contributed by atoms with Crippen molar-refractivity contribution < 1.29 is 9.53 Å². The SMILES string of the molecule is CCOC(=O)c1cc(Cl)cc(Br)c1C#N. The van der Waals surface area contributed by atoms with Crippen molar-refractivity contribution in [2.24, 2.45) is 0 Å². The average Bonchev–Trinajstić information content (AvgIpc) is 2.17. The molecule has 0 heterocycles. The number of nitriles is 1. The summed E-state index contributed by atoms with van der Waals surface area (Å²) in [6.07, 6.45) is 0. The first-order valence-electron chi connectivity index (χ1n) is 4.16. The van der Waals surface area contributed by atoms with Crippen LogP contribution in [0.4, 0.5) is 0 Å². The number of rotatable bonds is 2. The molecule has 0 N–H and O–H groups in total. The molecule has 0 aliphatic rings. The van der Waals surface area contributed by atoms with E-state index in [4.69, 9.17) is 21.6 Å². The van der Waals surface area contributed by atoms with E-state index in [0.29, 0.717) is 9.50 Å². The molecule has 1 aromatic carbocycles. The highest BCUT2D eigenvalue weighted by Gasteiger charge is 2.16. The van der Waals surface area contributed by atoms with Crippen LogP contribution >= 0.6 is 27.5 Å². The first kappa shape index (κ1) is 12.0. The Morgan fingerprint density at radius 2 is 2.33 bits per heavy atom. The second-order valence-corrected chi connectivity index (χ2v) is 3.93. The third kappa shape index (κ3) is 2.71. The van der Waals surface area contributed by atoms with E-state index in [1.165, 1.54) is 6.07 Å². The Morgan fingerprint density at radius 1 is 1.67 bits per heavy atom. The first-order valence-corrected chi connectivity index (χ1v) is 5.33. The van der Waals surface area contributed by atoms with Gasteiger partial charge in [-0.15, -0.1) is 0 Å². The van der Waals surface area contributed by atoms with Gasteiger partial charge >= 0.3 is 5.97 Å². The van der Waals surface area contributed by atoms with Crippen molar-refractivity contribution in [3.63, 3.8) is 0 Å². The van der Waals surface area contributed by atoms with Crippen LogP contribution in [0.3, 0.4) is 0 Å². The van der Waals surface area contributed by atoms with Crippen molar-refractivity contribution in [2.75, 3.05) is 6.61 Å². The third-order valence-electron chi connectivity index (χ3n) is 1.66. The molecule has 0 bridgehead atoms. The summed E-state index contributed by atoms with van der Waals surface area (Å²) in [4.78, 5) is 11.5. The standard InChI is InChI=1S/C10H7BrClNO2/c1-2-15-10(14)7-3-6(12)4-9(11)8(7)5-13/h3-4H,2H2,1H3. The second kappa shape index (κ2) is 5.15. The van der Waals surface area contributed by atoms with E-state index in [1.54, 1.807) is 13.0 Å². The van der Waals surface area contributed by atoms with Crippen LogP contribution in [0.2, 0.25) is 5.02 Å². The van der Waals surface area contributed by atoms with Gasteiger partial charge in [0.15, 0.2) is 0 Å². The maximum absolute atomic E-state index is 11.5. The highest BCUT2D eigenvalue weighted by atomic mass is 79.9. The quantitative estimate of drug-likeness (QED) is 0.786. The van der Waals surface area contributed by atoms with Crippen molar-refractivity contribution in [1.29, 1.82) is 5.26 Å². The molecule has 1 aromatic rings. The van der Waals surface area contributed by atoms with Gasteiger partial charge < -0.3 is 4.74 Å². The topological polar surface area (TPSA) is 50.1 Å². The summed E-state index contributed by atoms with van der Waals surface area (Å²) in [5.41, 5.74) is 0.413. The molecule has 15 heavy (non-hydrogen) atoms. The lowest BCUT2D eigenvalue weighted by Crippen LogP contribution is -2.07. The average molecular weight is 289 g/mol. The highest BCUT2D eigenvalue weighted by Crippen LogP contribution is 2.25. The third-order valence-corrected chi connectivity index (χ3v) is 2.51. The first-order chi connectivity index (χ1) is 7.10. The molecule has 0 aliphatic heterocycles. The van der Waals surface area contributed by atoms with Gasteiger partial charge in [-0.1, -0.05) is 11.6 Å². The molecule has 3 nitrogen and oxygen atoms in total. The Labute approximate surface area is 101 Å². The van der Waals surface area contributed by atoms with Gasteiger partial charge in [0.1, 0.15) is 6.07 Å². The Kier molecular flexibility index (Phi) is 4.13. The molecular formula is C10H7BrClNO2. The van der Waals surface area contributed by atoms with Crippen molar-refractivity contribution >= 4 is 33.5 Å². The van der Waals surface area contributed by atoms with E-state index < -0.39 is 5.97 Å². The number of hydrogen-bond donors (Lipinski definition) is 0. The number of nitrogens with zero attached hydrogens (tertiary/aromatic N) is 1. The monoisotopic (exact) mass is 287 g/mol. The molecule has 0 amide bonds. The van der Waals surface area contributed by atoms with E-state index in [0.717, 1.165) is 0 Å². The van der Waals surface area contributed by atoms with Gasteiger partial charge in [0.2, 0.25) is 0 Å². The van der Waals surface area contributed by atoms with Crippen LogP contribution in [0.25, 0.3) is 0 Å². The van der Waals surface area contributed by atoms with Gasteiger partial charge in [0.25, 0.3) is 0 Å². The Hall–Kier alpha value is -1.05. The largest absolute Gasteiger partial charge is 0.462 e. The summed E-state index contributed by atoms with van der Waals surface area (Å²) in [6, 6.07) is 4.90. The lowest BCUT2D eigenvalue weighted by Gasteiger charge is -2.05. The fourth-order valence-electron chi connectivity index (χ4n) is 1.06. The number of ether oxygens (including phenoxy) is 1. The molecule has 0 radical (unpaired) electrons. The molecule has 0 saturated heterocycles. The van der Waals surface area contributed by atoms with Gasteiger partial charge in [0.05, 0.1) is 17.7 Å². The van der Waals surface area contributed by atoms with Crippen molar-refractivity contribution in [1.82, 2.24) is 0 Å². The minimum atomic E-state index is -0.544. The maximum Gasteiger partial charge on any atom is 0.339 e. The molecule has 0 unspecified atom stereocenters. The fraction of sp³-hybridized carbons (Fsp3) is 0.200. The number of esters is 1. The number of halogens is 2. The number of hydrogen-bond acceptors (Lipinski definition) is 3. The van der Waals surface area contributed by atoms with Crippen molar-refractivity contribution in [2.45, 2.75) is 6.92 Å². The normalized spacial score (nSPS) is 9.47. The molecular weight excluding hydrogens is 281 g/mol.